The van der Waals surface area contributed by atoms with Gasteiger partial charge in [0, 0.05) is 15.9 Å². The van der Waals surface area contributed by atoms with E-state index in [-0.39, 0.29) is 5.89 Å². The van der Waals surface area contributed by atoms with Crippen molar-refractivity contribution in [1.29, 1.82) is 0 Å². The molecular formula is C28H18FIN2O4. The Labute approximate surface area is 219 Å². The molecule has 178 valence electrons. The van der Waals surface area contributed by atoms with E-state index in [4.69, 9.17) is 13.9 Å². The number of carbonyl (C=O) groups is 1. The minimum Gasteiger partial charge on any atom is -0.493 e. The summed E-state index contributed by atoms with van der Waals surface area (Å²) >= 11 is 2.09. The second-order valence-corrected chi connectivity index (χ2v) is 8.85. The molecule has 5 aromatic rings. The summed E-state index contributed by atoms with van der Waals surface area (Å²) in [5.41, 5.74) is 3.29. The maximum atomic E-state index is 14.1. The highest BCUT2D eigenvalue weighted by atomic mass is 127. The third kappa shape index (κ3) is 4.99. The van der Waals surface area contributed by atoms with Gasteiger partial charge in [-0.25, -0.2) is 14.2 Å². The van der Waals surface area contributed by atoms with Crippen LogP contribution < -0.4 is 9.47 Å². The Hall–Kier alpha value is -4.05. The Morgan fingerprint density at radius 2 is 1.81 bits per heavy atom. The molecule has 0 atom stereocenters. The standard InChI is InChI=1S/C28H18FIN2O4/c1-34-26-15-18(11-13-24(26)36-28(33)20-7-3-5-9-22(20)30)31-16-17-10-12-23-25(14-17)35-27(32-23)19-6-2-4-8-21(19)29/h2-16H,1H3. The minimum atomic E-state index is -0.468. The van der Waals surface area contributed by atoms with E-state index in [9.17, 15) is 9.18 Å². The smallest absolute Gasteiger partial charge is 0.344 e. The monoisotopic (exact) mass is 592 g/mol. The maximum Gasteiger partial charge on any atom is 0.344 e. The quantitative estimate of drug-likeness (QED) is 0.0902. The van der Waals surface area contributed by atoms with Gasteiger partial charge in [0.2, 0.25) is 5.89 Å². The first-order valence-electron chi connectivity index (χ1n) is 10.9. The number of methoxy groups -OCH3 is 1. The fourth-order valence-corrected chi connectivity index (χ4v) is 4.13. The van der Waals surface area contributed by atoms with Gasteiger partial charge in [0.05, 0.1) is 23.9 Å². The van der Waals surface area contributed by atoms with Gasteiger partial charge >= 0.3 is 5.97 Å². The number of benzene rings is 4. The van der Waals surface area contributed by atoms with Crippen molar-refractivity contribution < 1.29 is 23.1 Å². The molecule has 5 rings (SSSR count). The SMILES string of the molecule is COc1cc(N=Cc2ccc3nc(-c4ccccc4F)oc3c2)ccc1OC(=O)c1ccccc1I. The summed E-state index contributed by atoms with van der Waals surface area (Å²) in [7, 11) is 1.50. The van der Waals surface area contributed by atoms with E-state index in [1.54, 1.807) is 66.9 Å². The van der Waals surface area contributed by atoms with Crippen LogP contribution in [0.3, 0.4) is 0 Å². The van der Waals surface area contributed by atoms with Crippen LogP contribution in [-0.4, -0.2) is 24.3 Å². The number of ether oxygens (including phenoxy) is 2. The summed E-state index contributed by atoms with van der Waals surface area (Å²) in [5, 5.41) is 0. The topological polar surface area (TPSA) is 73.9 Å². The van der Waals surface area contributed by atoms with Crippen molar-refractivity contribution in [2.75, 3.05) is 7.11 Å². The van der Waals surface area contributed by atoms with Crippen molar-refractivity contribution in [3.63, 3.8) is 0 Å². The van der Waals surface area contributed by atoms with E-state index < -0.39 is 11.8 Å². The Morgan fingerprint density at radius 3 is 2.61 bits per heavy atom. The van der Waals surface area contributed by atoms with Crippen LogP contribution in [0.25, 0.3) is 22.6 Å². The number of aromatic nitrogens is 1. The third-order valence-corrected chi connectivity index (χ3v) is 6.26. The first kappa shape index (κ1) is 23.7. The lowest BCUT2D eigenvalue weighted by Gasteiger charge is -2.10. The van der Waals surface area contributed by atoms with Crippen LogP contribution >= 0.6 is 22.6 Å². The third-order valence-electron chi connectivity index (χ3n) is 5.32. The maximum absolute atomic E-state index is 14.1. The van der Waals surface area contributed by atoms with Crippen LogP contribution in [0.15, 0.2) is 94.3 Å². The van der Waals surface area contributed by atoms with Crippen LogP contribution in [-0.2, 0) is 0 Å². The second-order valence-electron chi connectivity index (χ2n) is 7.69. The number of nitrogens with zero attached hydrogens (tertiary/aromatic N) is 2. The highest BCUT2D eigenvalue weighted by molar-refractivity contribution is 14.1. The van der Waals surface area contributed by atoms with Crippen molar-refractivity contribution >= 4 is 51.6 Å². The molecule has 0 aliphatic heterocycles. The lowest BCUT2D eigenvalue weighted by atomic mass is 10.2. The van der Waals surface area contributed by atoms with E-state index in [0.717, 1.165) is 9.13 Å². The first-order valence-corrected chi connectivity index (χ1v) is 11.9. The number of rotatable bonds is 6. The summed E-state index contributed by atoms with van der Waals surface area (Å²) in [4.78, 5) is 21.4. The van der Waals surface area contributed by atoms with Crippen molar-refractivity contribution in [2.45, 2.75) is 0 Å². The summed E-state index contributed by atoms with van der Waals surface area (Å²) in [6, 6.07) is 24.0. The molecular weight excluding hydrogens is 574 g/mol. The predicted octanol–water partition coefficient (Wildman–Crippen LogP) is 7.22. The lowest BCUT2D eigenvalue weighted by Crippen LogP contribution is -2.10. The minimum absolute atomic E-state index is 0.220. The van der Waals surface area contributed by atoms with E-state index in [0.29, 0.717) is 39.4 Å². The molecule has 8 heteroatoms. The average Bonchev–Trinajstić information content (AvgIpc) is 3.31. The highest BCUT2D eigenvalue weighted by Crippen LogP contribution is 2.32. The first-order chi connectivity index (χ1) is 17.5. The van der Waals surface area contributed by atoms with E-state index in [1.807, 2.05) is 18.2 Å². The number of carbonyl (C=O) groups excluding carboxylic acids is 1. The Bertz CT molecular complexity index is 1610. The average molecular weight is 592 g/mol. The van der Waals surface area contributed by atoms with Crippen LogP contribution in [0, 0.1) is 9.39 Å². The molecule has 0 unspecified atom stereocenters. The molecule has 0 bridgehead atoms. The Kier molecular flexibility index (Phi) is 6.77. The Balaban J connectivity index is 1.36. The molecule has 0 aliphatic carbocycles. The van der Waals surface area contributed by atoms with E-state index >= 15 is 0 Å². The molecule has 0 aliphatic rings. The summed E-state index contributed by atoms with van der Waals surface area (Å²) in [5.74, 6) is 0.0309. The molecule has 4 aromatic carbocycles. The predicted molar refractivity (Wildman–Crippen MR) is 144 cm³/mol. The molecule has 6 nitrogen and oxygen atoms in total. The number of oxazole rings is 1. The van der Waals surface area contributed by atoms with Crippen LogP contribution in [0.5, 0.6) is 11.5 Å². The molecule has 36 heavy (non-hydrogen) atoms. The van der Waals surface area contributed by atoms with Crippen LogP contribution in [0.1, 0.15) is 15.9 Å². The number of fused-ring (bicyclic) bond motifs is 1. The van der Waals surface area contributed by atoms with E-state index in [1.165, 1.54) is 13.2 Å². The summed E-state index contributed by atoms with van der Waals surface area (Å²) < 4.78 is 31.6. The van der Waals surface area contributed by atoms with Gasteiger partial charge < -0.3 is 13.9 Å². The lowest BCUT2D eigenvalue weighted by molar-refractivity contribution is 0.0728. The van der Waals surface area contributed by atoms with Gasteiger partial charge in [0.1, 0.15) is 11.3 Å². The molecule has 1 aromatic heterocycles. The van der Waals surface area contributed by atoms with Gasteiger partial charge in [-0.15, -0.1) is 0 Å². The number of aliphatic imine (C=N–C) groups is 1. The number of halogens is 2. The van der Waals surface area contributed by atoms with Crippen molar-refractivity contribution in [3.8, 4) is 23.0 Å². The molecule has 0 saturated carbocycles. The van der Waals surface area contributed by atoms with Crippen LogP contribution in [0.4, 0.5) is 10.1 Å². The number of hydrogen-bond acceptors (Lipinski definition) is 6. The summed E-state index contributed by atoms with van der Waals surface area (Å²) in [6.07, 6.45) is 1.66. The van der Waals surface area contributed by atoms with Gasteiger partial charge in [0.15, 0.2) is 17.1 Å². The fourth-order valence-electron chi connectivity index (χ4n) is 3.52. The van der Waals surface area contributed by atoms with Gasteiger partial charge in [-0.2, -0.15) is 0 Å². The molecule has 0 saturated heterocycles. The molecule has 0 spiro atoms. The fraction of sp³-hybridized carbons (Fsp3) is 0.0357. The van der Waals surface area contributed by atoms with Gasteiger partial charge in [-0.3, -0.25) is 4.99 Å². The molecule has 0 N–H and O–H groups in total. The molecule has 0 amide bonds. The zero-order valence-corrected chi connectivity index (χ0v) is 21.1. The molecule has 0 radical (unpaired) electrons. The van der Waals surface area contributed by atoms with Crippen LogP contribution in [0.2, 0.25) is 0 Å². The Morgan fingerprint density at radius 1 is 1.00 bits per heavy atom. The zero-order chi connectivity index (χ0) is 25.1. The van der Waals surface area contributed by atoms with Crippen molar-refractivity contribution in [2.24, 2.45) is 4.99 Å². The normalized spacial score (nSPS) is 11.2. The van der Waals surface area contributed by atoms with Gasteiger partial charge in [-0.05, 0) is 76.7 Å². The van der Waals surface area contributed by atoms with Crippen molar-refractivity contribution in [1.82, 2.24) is 4.98 Å². The van der Waals surface area contributed by atoms with E-state index in [2.05, 4.69) is 32.6 Å². The number of esters is 1. The van der Waals surface area contributed by atoms with Gasteiger partial charge in [0.25, 0.3) is 0 Å². The number of hydrogen-bond donors (Lipinski definition) is 0. The van der Waals surface area contributed by atoms with Gasteiger partial charge in [-0.1, -0.05) is 30.3 Å². The molecule has 0 fully saturated rings. The largest absolute Gasteiger partial charge is 0.493 e. The molecule has 1 heterocycles. The summed E-state index contributed by atoms with van der Waals surface area (Å²) in [6.45, 7) is 0. The zero-order valence-electron chi connectivity index (χ0n) is 18.9. The van der Waals surface area contributed by atoms with Crippen molar-refractivity contribution in [3.05, 3.63) is 105 Å². The highest BCUT2D eigenvalue weighted by Gasteiger charge is 2.15. The second kappa shape index (κ2) is 10.3.